The Morgan fingerprint density at radius 3 is 2.35 bits per heavy atom. The van der Waals surface area contributed by atoms with E-state index in [1.54, 1.807) is 37.3 Å². The van der Waals surface area contributed by atoms with Crippen molar-refractivity contribution in [2.24, 2.45) is 0 Å². The minimum Gasteiger partial charge on any atom is -0.490 e. The maximum absolute atomic E-state index is 12.8. The zero-order valence-corrected chi connectivity index (χ0v) is 20.6. The fraction of sp³-hybridized carbons (Fsp3) is 0.125. The Hall–Kier alpha value is -3.68. The molecule has 0 bridgehead atoms. The summed E-state index contributed by atoms with van der Waals surface area (Å²) in [7, 11) is -4.12. The van der Waals surface area contributed by atoms with Gasteiger partial charge in [0.2, 0.25) is 0 Å². The Kier molecular flexibility index (Phi) is 7.71. The van der Waals surface area contributed by atoms with E-state index in [2.05, 4.69) is 22.0 Å². The predicted octanol–water partition coefficient (Wildman–Crippen LogP) is 5.90. The Bertz CT molecular complexity index is 1390. The van der Waals surface area contributed by atoms with Crippen molar-refractivity contribution in [2.75, 3.05) is 6.61 Å². The molecule has 0 amide bonds. The first-order chi connectivity index (χ1) is 16.1. The number of aryl methyl sites for hydroxylation is 1. The quantitative estimate of drug-likeness (QED) is 0.114. The number of non-ortho nitro benzene ring substituents is 1. The van der Waals surface area contributed by atoms with Crippen LogP contribution in [0.5, 0.6) is 11.5 Å². The number of nitro groups is 1. The molecule has 3 aromatic carbocycles. The summed E-state index contributed by atoms with van der Waals surface area (Å²) in [5.74, 6) is 0.146. The number of ether oxygens (including phenoxy) is 1. The summed E-state index contributed by atoms with van der Waals surface area (Å²) >= 11 is 3.34. The van der Waals surface area contributed by atoms with Gasteiger partial charge in [-0.1, -0.05) is 17.7 Å². The molecule has 0 N–H and O–H groups in total. The lowest BCUT2D eigenvalue weighted by Gasteiger charge is -2.15. The average molecular weight is 543 g/mol. The van der Waals surface area contributed by atoms with Gasteiger partial charge in [0, 0.05) is 12.1 Å². The van der Waals surface area contributed by atoms with Crippen LogP contribution in [-0.4, -0.2) is 19.9 Å². The number of hydrogen-bond acceptors (Lipinski definition) is 7. The van der Waals surface area contributed by atoms with Crippen molar-refractivity contribution in [3.05, 3.63) is 91.9 Å². The van der Waals surface area contributed by atoms with Crippen LogP contribution in [0.3, 0.4) is 0 Å². The summed E-state index contributed by atoms with van der Waals surface area (Å²) in [6.07, 6.45) is 1.56. The minimum atomic E-state index is -4.12. The first-order valence-corrected chi connectivity index (χ1v) is 12.2. The van der Waals surface area contributed by atoms with Gasteiger partial charge in [-0.05, 0) is 83.4 Å². The fourth-order valence-corrected chi connectivity index (χ4v) is 4.59. The number of allylic oxidation sites excluding steroid dienone is 1. The molecule has 3 aromatic rings. The molecular weight excluding hydrogens is 524 g/mol. The van der Waals surface area contributed by atoms with Crippen LogP contribution in [0.25, 0.3) is 11.6 Å². The number of nitro benzene ring substituents is 1. The average Bonchev–Trinajstić information content (AvgIpc) is 2.80. The highest BCUT2D eigenvalue weighted by molar-refractivity contribution is 9.10. The molecular formula is C24H19BrN2O6S. The monoisotopic (exact) mass is 542 g/mol. The first kappa shape index (κ1) is 25.0. The van der Waals surface area contributed by atoms with Crippen LogP contribution in [0.15, 0.2) is 70.0 Å². The largest absolute Gasteiger partial charge is 0.490 e. The van der Waals surface area contributed by atoms with Crippen LogP contribution < -0.4 is 8.92 Å². The Balaban J connectivity index is 2.00. The van der Waals surface area contributed by atoms with Gasteiger partial charge in [-0.3, -0.25) is 10.1 Å². The number of nitrogens with zero attached hydrogens (tertiary/aromatic N) is 2. The Morgan fingerprint density at radius 1 is 1.15 bits per heavy atom. The number of halogens is 1. The second-order valence-electron chi connectivity index (χ2n) is 7.09. The number of rotatable bonds is 8. The van der Waals surface area contributed by atoms with E-state index in [1.807, 2.05) is 6.92 Å². The molecule has 0 aromatic heterocycles. The zero-order valence-electron chi connectivity index (χ0n) is 18.2. The van der Waals surface area contributed by atoms with Gasteiger partial charge >= 0.3 is 10.1 Å². The molecule has 0 saturated heterocycles. The maximum atomic E-state index is 12.8. The van der Waals surface area contributed by atoms with Crippen molar-refractivity contribution in [1.29, 1.82) is 5.26 Å². The highest BCUT2D eigenvalue weighted by Crippen LogP contribution is 2.39. The van der Waals surface area contributed by atoms with E-state index in [4.69, 9.17) is 8.92 Å². The molecule has 3 rings (SSSR count). The number of benzene rings is 3. The van der Waals surface area contributed by atoms with Crippen LogP contribution in [0, 0.1) is 28.4 Å². The van der Waals surface area contributed by atoms with Gasteiger partial charge in [-0.15, -0.1) is 0 Å². The maximum Gasteiger partial charge on any atom is 0.339 e. The molecule has 0 aliphatic heterocycles. The summed E-state index contributed by atoms with van der Waals surface area (Å²) in [5, 5.41) is 20.5. The summed E-state index contributed by atoms with van der Waals surface area (Å²) in [6, 6.07) is 17.1. The molecule has 0 radical (unpaired) electrons. The van der Waals surface area contributed by atoms with Crippen LogP contribution in [0.2, 0.25) is 0 Å². The van der Waals surface area contributed by atoms with Crippen molar-refractivity contribution in [2.45, 2.75) is 18.7 Å². The third-order valence-electron chi connectivity index (χ3n) is 4.65. The number of nitriles is 1. The molecule has 10 heteroatoms. The van der Waals surface area contributed by atoms with Crippen molar-refractivity contribution in [1.82, 2.24) is 0 Å². The summed E-state index contributed by atoms with van der Waals surface area (Å²) in [4.78, 5) is 10.3. The highest BCUT2D eigenvalue weighted by atomic mass is 79.9. The van der Waals surface area contributed by atoms with Crippen molar-refractivity contribution < 1.29 is 22.3 Å². The topological polar surface area (TPSA) is 120 Å². The molecule has 0 fully saturated rings. The normalized spacial score (nSPS) is 11.5. The van der Waals surface area contributed by atoms with Crippen molar-refractivity contribution >= 4 is 43.4 Å². The van der Waals surface area contributed by atoms with Gasteiger partial charge in [0.25, 0.3) is 5.69 Å². The lowest BCUT2D eigenvalue weighted by atomic mass is 10.0. The molecule has 0 heterocycles. The molecule has 0 saturated carbocycles. The number of hydrogen-bond donors (Lipinski definition) is 0. The fourth-order valence-electron chi connectivity index (χ4n) is 2.99. The van der Waals surface area contributed by atoms with Crippen LogP contribution in [0.1, 0.15) is 23.6 Å². The van der Waals surface area contributed by atoms with E-state index >= 15 is 0 Å². The molecule has 0 unspecified atom stereocenters. The van der Waals surface area contributed by atoms with Gasteiger partial charge in [0.1, 0.15) is 4.90 Å². The second kappa shape index (κ2) is 10.5. The van der Waals surface area contributed by atoms with E-state index < -0.39 is 15.0 Å². The van der Waals surface area contributed by atoms with Gasteiger partial charge < -0.3 is 8.92 Å². The predicted molar refractivity (Wildman–Crippen MR) is 131 cm³/mol. The zero-order chi connectivity index (χ0) is 24.9. The minimum absolute atomic E-state index is 0.00126. The third kappa shape index (κ3) is 5.81. The van der Waals surface area contributed by atoms with Gasteiger partial charge in [-0.25, -0.2) is 0 Å². The molecule has 0 spiro atoms. The van der Waals surface area contributed by atoms with E-state index in [-0.39, 0.29) is 34.3 Å². The van der Waals surface area contributed by atoms with Gasteiger partial charge in [0.15, 0.2) is 11.5 Å². The van der Waals surface area contributed by atoms with Crippen LogP contribution in [-0.2, 0) is 10.1 Å². The SMILES string of the molecule is CCOc1cc(/C=C(\C#N)c2ccc([N+](=O)[O-])cc2)cc(Br)c1OS(=O)(=O)c1ccc(C)cc1. The van der Waals surface area contributed by atoms with E-state index in [1.165, 1.54) is 36.4 Å². The molecule has 8 nitrogen and oxygen atoms in total. The van der Waals surface area contributed by atoms with Gasteiger partial charge in [0.05, 0.1) is 27.6 Å². The molecule has 174 valence electrons. The van der Waals surface area contributed by atoms with E-state index in [0.29, 0.717) is 15.6 Å². The molecule has 0 aliphatic rings. The van der Waals surface area contributed by atoms with Crippen LogP contribution >= 0.6 is 15.9 Å². The van der Waals surface area contributed by atoms with Gasteiger partial charge in [-0.2, -0.15) is 13.7 Å². The lowest BCUT2D eigenvalue weighted by Crippen LogP contribution is -2.11. The highest BCUT2D eigenvalue weighted by Gasteiger charge is 2.22. The van der Waals surface area contributed by atoms with E-state index in [9.17, 15) is 23.8 Å². The summed E-state index contributed by atoms with van der Waals surface area (Å²) < 4.78 is 36.9. The molecule has 0 aliphatic carbocycles. The summed E-state index contributed by atoms with van der Waals surface area (Å²) in [5.41, 5.74) is 2.10. The van der Waals surface area contributed by atoms with Crippen LogP contribution in [0.4, 0.5) is 5.69 Å². The van der Waals surface area contributed by atoms with E-state index in [0.717, 1.165) is 5.56 Å². The Morgan fingerprint density at radius 2 is 1.79 bits per heavy atom. The molecule has 34 heavy (non-hydrogen) atoms. The second-order valence-corrected chi connectivity index (χ2v) is 9.49. The first-order valence-electron chi connectivity index (χ1n) is 9.98. The van der Waals surface area contributed by atoms with Crippen molar-refractivity contribution in [3.8, 4) is 17.6 Å². The Labute approximate surface area is 205 Å². The lowest BCUT2D eigenvalue weighted by molar-refractivity contribution is -0.384. The summed E-state index contributed by atoms with van der Waals surface area (Å²) in [6.45, 7) is 3.83. The smallest absolute Gasteiger partial charge is 0.339 e. The standard InChI is InChI=1S/C24H19BrN2O6S/c1-3-32-23-14-17(12-19(15-26)18-6-8-20(9-7-18)27(28)29)13-22(25)24(23)33-34(30,31)21-10-4-16(2)5-11-21/h4-14H,3H2,1-2H3/b19-12+. The molecule has 0 atom stereocenters. The van der Waals surface area contributed by atoms with Crippen molar-refractivity contribution in [3.63, 3.8) is 0 Å². The third-order valence-corrected chi connectivity index (χ3v) is 6.48.